The van der Waals surface area contributed by atoms with Crippen molar-refractivity contribution in [3.05, 3.63) is 0 Å². The minimum Gasteiger partial charge on any atom is -0.315 e. The van der Waals surface area contributed by atoms with Crippen molar-refractivity contribution in [1.82, 2.24) is 5.32 Å². The Balaban J connectivity index is 2.03. The first kappa shape index (κ1) is 9.46. The van der Waals surface area contributed by atoms with Crippen molar-refractivity contribution in [3.8, 4) is 0 Å². The Morgan fingerprint density at radius 3 is 2.15 bits per heavy atom. The van der Waals surface area contributed by atoms with Crippen LogP contribution >= 0.6 is 0 Å². The van der Waals surface area contributed by atoms with Gasteiger partial charge in [-0.05, 0) is 32.2 Å². The van der Waals surface area contributed by atoms with Gasteiger partial charge in [0.1, 0.15) is 0 Å². The third-order valence-electron chi connectivity index (χ3n) is 3.23. The molecule has 1 aliphatic carbocycles. The first-order valence-electron chi connectivity index (χ1n) is 5.14. The van der Waals surface area contributed by atoms with Crippen LogP contribution in [-0.2, 0) is 9.84 Å². The Labute approximate surface area is 79.8 Å². The summed E-state index contributed by atoms with van der Waals surface area (Å²) in [5.41, 5.74) is 0. The molecule has 1 heterocycles. The molecular weight excluding hydrogens is 186 g/mol. The molecule has 1 aliphatic heterocycles. The molecule has 1 saturated carbocycles. The van der Waals surface area contributed by atoms with E-state index in [-0.39, 0.29) is 10.5 Å². The van der Waals surface area contributed by atoms with Crippen molar-refractivity contribution in [2.45, 2.75) is 42.6 Å². The van der Waals surface area contributed by atoms with Gasteiger partial charge in [-0.1, -0.05) is 6.42 Å². The maximum absolute atomic E-state index is 11.9. The Kier molecular flexibility index (Phi) is 2.60. The molecule has 0 bridgehead atoms. The summed E-state index contributed by atoms with van der Waals surface area (Å²) in [7, 11) is -2.79. The summed E-state index contributed by atoms with van der Waals surface area (Å²) >= 11 is 0. The average molecular weight is 203 g/mol. The molecule has 0 aromatic rings. The van der Waals surface area contributed by atoms with Crippen LogP contribution in [0.3, 0.4) is 0 Å². The number of nitrogens with one attached hydrogen (secondary N) is 1. The van der Waals surface area contributed by atoms with E-state index >= 15 is 0 Å². The summed E-state index contributed by atoms with van der Waals surface area (Å²) in [6.45, 7) is 1.66. The van der Waals surface area contributed by atoms with E-state index in [2.05, 4.69) is 5.32 Å². The molecule has 0 radical (unpaired) electrons. The largest absolute Gasteiger partial charge is 0.315 e. The minimum atomic E-state index is -2.79. The number of sulfone groups is 1. The summed E-state index contributed by atoms with van der Waals surface area (Å²) in [5.74, 6) is 0. The highest BCUT2D eigenvalue weighted by atomic mass is 32.2. The normalized spacial score (nSPS) is 31.2. The monoisotopic (exact) mass is 203 g/mol. The van der Waals surface area contributed by atoms with E-state index < -0.39 is 9.84 Å². The molecule has 13 heavy (non-hydrogen) atoms. The summed E-state index contributed by atoms with van der Waals surface area (Å²) < 4.78 is 23.9. The van der Waals surface area contributed by atoms with E-state index in [1.54, 1.807) is 0 Å². The van der Waals surface area contributed by atoms with Crippen LogP contribution < -0.4 is 5.32 Å². The van der Waals surface area contributed by atoms with Gasteiger partial charge in [-0.3, -0.25) is 0 Å². The lowest BCUT2D eigenvalue weighted by molar-refractivity contribution is 0.447. The van der Waals surface area contributed by atoms with Gasteiger partial charge in [0.05, 0.1) is 10.5 Å². The second kappa shape index (κ2) is 3.58. The van der Waals surface area contributed by atoms with Crippen LogP contribution in [0.15, 0.2) is 0 Å². The minimum absolute atomic E-state index is 0.00241. The molecule has 76 valence electrons. The maximum Gasteiger partial charge on any atom is 0.157 e. The summed E-state index contributed by atoms with van der Waals surface area (Å²) in [4.78, 5) is 0. The van der Waals surface area contributed by atoms with E-state index in [0.29, 0.717) is 6.54 Å². The Morgan fingerprint density at radius 2 is 1.69 bits per heavy atom. The predicted molar refractivity (Wildman–Crippen MR) is 52.5 cm³/mol. The van der Waals surface area contributed by atoms with Crippen LogP contribution in [0.1, 0.15) is 32.1 Å². The van der Waals surface area contributed by atoms with Crippen molar-refractivity contribution in [2.24, 2.45) is 0 Å². The van der Waals surface area contributed by atoms with Gasteiger partial charge >= 0.3 is 0 Å². The lowest BCUT2D eigenvalue weighted by atomic mass is 10.00. The molecule has 0 aromatic heterocycles. The van der Waals surface area contributed by atoms with E-state index in [9.17, 15) is 8.42 Å². The molecule has 1 saturated heterocycles. The van der Waals surface area contributed by atoms with Crippen LogP contribution in [0.4, 0.5) is 0 Å². The molecule has 1 atom stereocenters. The third kappa shape index (κ3) is 1.74. The highest BCUT2D eigenvalue weighted by Crippen LogP contribution is 2.30. The lowest BCUT2D eigenvalue weighted by Crippen LogP contribution is -2.44. The highest BCUT2D eigenvalue weighted by Gasteiger charge is 2.37. The van der Waals surface area contributed by atoms with Gasteiger partial charge in [0.15, 0.2) is 9.84 Å². The highest BCUT2D eigenvalue weighted by molar-refractivity contribution is 7.92. The van der Waals surface area contributed by atoms with Gasteiger partial charge in [0.2, 0.25) is 0 Å². The smallest absolute Gasteiger partial charge is 0.157 e. The van der Waals surface area contributed by atoms with Crippen LogP contribution in [-0.4, -0.2) is 32.0 Å². The number of hydrogen-bond donors (Lipinski definition) is 1. The lowest BCUT2D eigenvalue weighted by Gasteiger charge is -2.31. The zero-order valence-corrected chi connectivity index (χ0v) is 8.65. The first-order chi connectivity index (χ1) is 6.21. The summed E-state index contributed by atoms with van der Waals surface area (Å²) in [6.07, 6.45) is 4.78. The maximum atomic E-state index is 11.9. The molecule has 0 aromatic carbocycles. The van der Waals surface area contributed by atoms with E-state index in [1.165, 1.54) is 0 Å². The number of piperidine rings is 1. The number of hydrogen-bond acceptors (Lipinski definition) is 3. The molecule has 2 rings (SSSR count). The molecule has 1 N–H and O–H groups in total. The molecule has 0 spiro atoms. The molecule has 4 heteroatoms. The van der Waals surface area contributed by atoms with Crippen LogP contribution in [0.2, 0.25) is 0 Å². The first-order valence-corrected chi connectivity index (χ1v) is 6.75. The van der Waals surface area contributed by atoms with Gasteiger partial charge in [0.25, 0.3) is 0 Å². The standard InChI is InChI=1S/C9H17NO2S/c11-13(12,8-3-1-4-8)9-5-2-6-10-7-9/h8-10H,1-7H2. The zero-order chi connectivity index (χ0) is 9.31. The van der Waals surface area contributed by atoms with Crippen molar-refractivity contribution < 1.29 is 8.42 Å². The van der Waals surface area contributed by atoms with Gasteiger partial charge in [0, 0.05) is 6.54 Å². The Bertz CT molecular complexity index is 263. The molecule has 1 unspecified atom stereocenters. The predicted octanol–water partition coefficient (Wildman–Crippen LogP) is 0.706. The van der Waals surface area contributed by atoms with E-state index in [4.69, 9.17) is 0 Å². The number of rotatable bonds is 2. The van der Waals surface area contributed by atoms with Crippen LogP contribution in [0.5, 0.6) is 0 Å². The van der Waals surface area contributed by atoms with Crippen molar-refractivity contribution in [2.75, 3.05) is 13.1 Å². The van der Waals surface area contributed by atoms with Gasteiger partial charge < -0.3 is 5.32 Å². The topological polar surface area (TPSA) is 46.2 Å². The molecule has 2 fully saturated rings. The van der Waals surface area contributed by atoms with Crippen LogP contribution in [0.25, 0.3) is 0 Å². The summed E-state index contributed by atoms with van der Waals surface area (Å²) in [6, 6.07) is 0. The fraction of sp³-hybridized carbons (Fsp3) is 1.00. The summed E-state index contributed by atoms with van der Waals surface area (Å²) in [5, 5.41) is 3.07. The Hall–Kier alpha value is -0.0900. The van der Waals surface area contributed by atoms with Crippen molar-refractivity contribution >= 4 is 9.84 Å². The second-order valence-electron chi connectivity index (χ2n) is 4.11. The second-order valence-corrected chi connectivity index (χ2v) is 6.62. The zero-order valence-electron chi connectivity index (χ0n) is 7.83. The van der Waals surface area contributed by atoms with Gasteiger partial charge in [-0.15, -0.1) is 0 Å². The SMILES string of the molecule is O=S(=O)(C1CCC1)C1CCCNC1. The van der Waals surface area contributed by atoms with Crippen molar-refractivity contribution in [3.63, 3.8) is 0 Å². The molecule has 0 amide bonds. The fourth-order valence-electron chi connectivity index (χ4n) is 2.07. The van der Waals surface area contributed by atoms with E-state index in [1.807, 2.05) is 0 Å². The quantitative estimate of drug-likeness (QED) is 0.719. The fourth-order valence-corrected chi connectivity index (χ4v) is 4.45. The average Bonchev–Trinajstić information content (AvgIpc) is 2.02. The third-order valence-corrected chi connectivity index (χ3v) is 5.97. The Morgan fingerprint density at radius 1 is 1.00 bits per heavy atom. The van der Waals surface area contributed by atoms with Crippen LogP contribution in [0, 0.1) is 0 Å². The molecular formula is C9H17NO2S. The molecule has 3 nitrogen and oxygen atoms in total. The van der Waals surface area contributed by atoms with Gasteiger partial charge in [-0.25, -0.2) is 8.42 Å². The van der Waals surface area contributed by atoms with Gasteiger partial charge in [-0.2, -0.15) is 0 Å². The van der Waals surface area contributed by atoms with E-state index in [0.717, 1.165) is 38.6 Å². The van der Waals surface area contributed by atoms with Crippen molar-refractivity contribution in [1.29, 1.82) is 0 Å². The molecule has 2 aliphatic rings.